The zero-order chi connectivity index (χ0) is 22.7. The molecule has 0 heterocycles. The molecule has 7 nitrogen and oxygen atoms in total. The van der Waals surface area contributed by atoms with E-state index in [1.807, 2.05) is 30.3 Å². The van der Waals surface area contributed by atoms with E-state index in [0.29, 0.717) is 25.8 Å². The summed E-state index contributed by atoms with van der Waals surface area (Å²) in [5.41, 5.74) is 6.37. The van der Waals surface area contributed by atoms with Gasteiger partial charge in [-0.15, -0.1) is 0 Å². The number of hydrogen-bond acceptors (Lipinski definition) is 4. The molecular formula is C24H39N3O4. The van der Waals surface area contributed by atoms with Gasteiger partial charge in [0, 0.05) is 13.0 Å². The van der Waals surface area contributed by atoms with Crippen LogP contribution in [0.15, 0.2) is 30.3 Å². The SMILES string of the molecule is CCCCCCCC[C@H](NC(=O)CCCCCNC(=O)OCc1ccccc1)C(N)=O. The van der Waals surface area contributed by atoms with Gasteiger partial charge in [0.05, 0.1) is 0 Å². The molecule has 0 fully saturated rings. The molecule has 0 aromatic heterocycles. The summed E-state index contributed by atoms with van der Waals surface area (Å²) in [7, 11) is 0. The van der Waals surface area contributed by atoms with Crippen molar-refractivity contribution in [2.75, 3.05) is 6.54 Å². The van der Waals surface area contributed by atoms with Crippen LogP contribution in [0.1, 0.15) is 83.1 Å². The molecule has 1 rings (SSSR count). The highest BCUT2D eigenvalue weighted by Gasteiger charge is 2.17. The lowest BCUT2D eigenvalue weighted by atomic mass is 10.0. The first-order chi connectivity index (χ1) is 15.0. The van der Waals surface area contributed by atoms with Gasteiger partial charge in [-0.1, -0.05) is 82.2 Å². The summed E-state index contributed by atoms with van der Waals surface area (Å²) in [5.74, 6) is -0.620. The number of benzene rings is 1. The lowest BCUT2D eigenvalue weighted by Gasteiger charge is -2.15. The molecule has 1 aromatic rings. The van der Waals surface area contributed by atoms with Gasteiger partial charge in [-0.2, -0.15) is 0 Å². The minimum Gasteiger partial charge on any atom is -0.445 e. The molecule has 0 aliphatic heterocycles. The molecule has 0 saturated heterocycles. The van der Waals surface area contributed by atoms with Crippen LogP contribution in [-0.4, -0.2) is 30.5 Å². The Bertz CT molecular complexity index is 637. The van der Waals surface area contributed by atoms with Crippen molar-refractivity contribution < 1.29 is 19.1 Å². The molecule has 0 saturated carbocycles. The third-order valence-electron chi connectivity index (χ3n) is 5.09. The highest BCUT2D eigenvalue weighted by molar-refractivity contribution is 5.86. The van der Waals surface area contributed by atoms with Crippen molar-refractivity contribution in [3.63, 3.8) is 0 Å². The number of amides is 3. The van der Waals surface area contributed by atoms with E-state index in [-0.39, 0.29) is 12.5 Å². The van der Waals surface area contributed by atoms with Crippen LogP contribution in [0.2, 0.25) is 0 Å². The summed E-state index contributed by atoms with van der Waals surface area (Å²) in [4.78, 5) is 35.3. The molecule has 31 heavy (non-hydrogen) atoms. The standard InChI is InChI=1S/C24H39N3O4/c1-2-3-4-5-6-11-16-21(23(25)29)27-22(28)17-12-8-13-18-26-24(30)31-19-20-14-9-7-10-15-20/h7,9-10,14-15,21H,2-6,8,11-13,16-19H2,1H3,(H2,25,29)(H,26,30)(H,27,28)/t21-/m0/s1. The first kappa shape index (κ1) is 26.5. The predicted molar refractivity (Wildman–Crippen MR) is 122 cm³/mol. The second-order valence-electron chi connectivity index (χ2n) is 7.88. The Morgan fingerprint density at radius 3 is 2.32 bits per heavy atom. The minimum absolute atomic E-state index is 0.148. The smallest absolute Gasteiger partial charge is 0.407 e. The van der Waals surface area contributed by atoms with E-state index in [2.05, 4.69) is 17.6 Å². The summed E-state index contributed by atoms with van der Waals surface area (Å²) >= 11 is 0. The molecule has 7 heteroatoms. The molecule has 0 unspecified atom stereocenters. The van der Waals surface area contributed by atoms with E-state index in [0.717, 1.165) is 37.7 Å². The molecule has 0 bridgehead atoms. The van der Waals surface area contributed by atoms with Crippen molar-refractivity contribution in [2.45, 2.75) is 90.2 Å². The highest BCUT2D eigenvalue weighted by atomic mass is 16.5. The maximum Gasteiger partial charge on any atom is 0.407 e. The number of unbranched alkanes of at least 4 members (excludes halogenated alkanes) is 7. The summed E-state index contributed by atoms with van der Waals surface area (Å²) in [5, 5.41) is 5.46. The van der Waals surface area contributed by atoms with Gasteiger partial charge in [0.15, 0.2) is 0 Å². The maximum absolute atomic E-state index is 12.1. The molecular weight excluding hydrogens is 394 g/mol. The normalized spacial score (nSPS) is 11.5. The molecule has 1 aromatic carbocycles. The van der Waals surface area contributed by atoms with Crippen LogP contribution in [0.25, 0.3) is 0 Å². The second-order valence-corrected chi connectivity index (χ2v) is 7.88. The fourth-order valence-corrected chi connectivity index (χ4v) is 3.23. The van der Waals surface area contributed by atoms with Crippen molar-refractivity contribution in [1.29, 1.82) is 0 Å². The fourth-order valence-electron chi connectivity index (χ4n) is 3.23. The van der Waals surface area contributed by atoms with Gasteiger partial charge in [0.1, 0.15) is 12.6 Å². The average molecular weight is 434 g/mol. The Balaban J connectivity index is 2.06. The van der Waals surface area contributed by atoms with Gasteiger partial charge < -0.3 is 21.1 Å². The lowest BCUT2D eigenvalue weighted by molar-refractivity contribution is -0.127. The average Bonchev–Trinajstić information content (AvgIpc) is 2.76. The number of carbonyl (C=O) groups is 3. The van der Waals surface area contributed by atoms with E-state index in [1.165, 1.54) is 19.3 Å². The van der Waals surface area contributed by atoms with Gasteiger partial charge in [0.2, 0.25) is 11.8 Å². The zero-order valence-electron chi connectivity index (χ0n) is 18.9. The number of nitrogens with one attached hydrogen (secondary N) is 2. The lowest BCUT2D eigenvalue weighted by Crippen LogP contribution is -2.44. The zero-order valence-corrected chi connectivity index (χ0v) is 18.9. The number of rotatable bonds is 17. The predicted octanol–water partition coefficient (Wildman–Crippen LogP) is 4.19. The van der Waals surface area contributed by atoms with Crippen LogP contribution in [0.5, 0.6) is 0 Å². The Morgan fingerprint density at radius 2 is 1.61 bits per heavy atom. The Hall–Kier alpha value is -2.57. The molecule has 0 aliphatic carbocycles. The van der Waals surface area contributed by atoms with Gasteiger partial charge >= 0.3 is 6.09 Å². The largest absolute Gasteiger partial charge is 0.445 e. The number of alkyl carbamates (subject to hydrolysis) is 1. The van der Waals surface area contributed by atoms with Crippen LogP contribution in [0.3, 0.4) is 0 Å². The molecule has 1 atom stereocenters. The molecule has 3 amide bonds. The van der Waals surface area contributed by atoms with Crippen molar-refractivity contribution in [2.24, 2.45) is 5.73 Å². The van der Waals surface area contributed by atoms with Crippen molar-refractivity contribution in [3.8, 4) is 0 Å². The number of nitrogens with two attached hydrogens (primary N) is 1. The Labute approximate surface area is 186 Å². The number of carbonyl (C=O) groups excluding carboxylic acids is 3. The van der Waals surface area contributed by atoms with Gasteiger partial charge in [0.25, 0.3) is 0 Å². The highest BCUT2D eigenvalue weighted by Crippen LogP contribution is 2.09. The first-order valence-corrected chi connectivity index (χ1v) is 11.6. The van der Waals surface area contributed by atoms with Crippen LogP contribution < -0.4 is 16.4 Å². The summed E-state index contributed by atoms with van der Waals surface area (Å²) < 4.78 is 5.14. The summed E-state index contributed by atoms with van der Waals surface area (Å²) in [6, 6.07) is 8.91. The second kappa shape index (κ2) is 17.1. The van der Waals surface area contributed by atoms with Gasteiger partial charge in [-0.25, -0.2) is 4.79 Å². The van der Waals surface area contributed by atoms with Crippen LogP contribution >= 0.6 is 0 Å². The fraction of sp³-hybridized carbons (Fsp3) is 0.625. The Kier molecular flexibility index (Phi) is 14.6. The topological polar surface area (TPSA) is 111 Å². The van der Waals surface area contributed by atoms with Gasteiger partial charge in [-0.05, 0) is 24.8 Å². The van der Waals surface area contributed by atoms with Crippen molar-refractivity contribution in [1.82, 2.24) is 10.6 Å². The molecule has 0 radical (unpaired) electrons. The first-order valence-electron chi connectivity index (χ1n) is 11.6. The van der Waals surface area contributed by atoms with Crippen molar-refractivity contribution >= 4 is 17.9 Å². The van der Waals surface area contributed by atoms with Crippen molar-refractivity contribution in [3.05, 3.63) is 35.9 Å². The minimum atomic E-state index is -0.584. The third-order valence-corrected chi connectivity index (χ3v) is 5.09. The number of hydrogen-bond donors (Lipinski definition) is 3. The van der Waals surface area contributed by atoms with Gasteiger partial charge in [-0.3, -0.25) is 9.59 Å². The van der Waals surface area contributed by atoms with Crippen LogP contribution in [0.4, 0.5) is 4.79 Å². The van der Waals surface area contributed by atoms with Crippen LogP contribution in [-0.2, 0) is 20.9 Å². The molecule has 0 spiro atoms. The van der Waals surface area contributed by atoms with E-state index < -0.39 is 18.0 Å². The number of primary amides is 1. The maximum atomic E-state index is 12.1. The molecule has 174 valence electrons. The van der Waals surface area contributed by atoms with E-state index >= 15 is 0 Å². The monoisotopic (exact) mass is 433 g/mol. The number of ether oxygens (including phenoxy) is 1. The summed E-state index contributed by atoms with van der Waals surface area (Å²) in [6.07, 6.45) is 9.50. The molecule has 4 N–H and O–H groups in total. The Morgan fingerprint density at radius 1 is 0.935 bits per heavy atom. The van der Waals surface area contributed by atoms with Crippen LogP contribution in [0, 0.1) is 0 Å². The van der Waals surface area contributed by atoms with E-state index in [4.69, 9.17) is 10.5 Å². The van der Waals surface area contributed by atoms with E-state index in [9.17, 15) is 14.4 Å². The van der Waals surface area contributed by atoms with E-state index in [1.54, 1.807) is 0 Å². The summed E-state index contributed by atoms with van der Waals surface area (Å²) in [6.45, 7) is 2.92. The molecule has 0 aliphatic rings. The quantitative estimate of drug-likeness (QED) is 0.320. The third kappa shape index (κ3) is 14.1.